The number of hydrogen-bond donors (Lipinski definition) is 0. The predicted molar refractivity (Wildman–Crippen MR) is 133 cm³/mol. The minimum Gasteiger partial charge on any atom is -0.343 e. The normalized spacial score (nSPS) is 30.6. The quantitative estimate of drug-likeness (QED) is 0.385. The van der Waals surface area contributed by atoms with E-state index < -0.39 is 0 Å². The number of thiophene rings is 1. The van der Waals surface area contributed by atoms with Gasteiger partial charge in [0.15, 0.2) is 0 Å². The van der Waals surface area contributed by atoms with Crippen molar-refractivity contribution in [1.82, 2.24) is 14.9 Å². The molecular weight excluding hydrogens is 434 g/mol. The highest BCUT2D eigenvalue weighted by Crippen LogP contribution is 2.60. The van der Waals surface area contributed by atoms with Crippen molar-refractivity contribution in [3.63, 3.8) is 0 Å². The summed E-state index contributed by atoms with van der Waals surface area (Å²) in [5.74, 6) is 4.50. The molecule has 0 spiro atoms. The lowest BCUT2D eigenvalue weighted by Crippen LogP contribution is -2.49. The Labute approximate surface area is 200 Å². The fraction of sp³-hybridized carbons (Fsp3) is 0.731. The van der Waals surface area contributed by atoms with Crippen molar-refractivity contribution in [2.45, 2.75) is 88.5 Å². The molecule has 7 rings (SSSR count). The summed E-state index contributed by atoms with van der Waals surface area (Å²) in [6.07, 6.45) is 13.1. The van der Waals surface area contributed by atoms with Gasteiger partial charge in [-0.25, -0.2) is 9.97 Å². The SMILES string of the molecule is CCN(CC)C(=O)CSc1nc(C23CC4CC(CC(C4)C2)C3)nc2sc3c(c12)CCCC3. The number of rotatable bonds is 6. The van der Waals surface area contributed by atoms with Gasteiger partial charge in [-0.3, -0.25) is 4.79 Å². The van der Waals surface area contributed by atoms with Gasteiger partial charge >= 0.3 is 0 Å². The van der Waals surface area contributed by atoms with E-state index in [0.29, 0.717) is 5.75 Å². The number of thioether (sulfide) groups is 1. The minimum absolute atomic E-state index is 0.200. The van der Waals surface area contributed by atoms with Crippen LogP contribution in [0.1, 0.15) is 81.5 Å². The van der Waals surface area contributed by atoms with Crippen LogP contribution in [0.5, 0.6) is 0 Å². The van der Waals surface area contributed by atoms with Crippen LogP contribution in [-0.4, -0.2) is 39.6 Å². The molecule has 4 bridgehead atoms. The minimum atomic E-state index is 0.200. The average molecular weight is 470 g/mol. The van der Waals surface area contributed by atoms with Crippen molar-refractivity contribution < 1.29 is 4.79 Å². The van der Waals surface area contributed by atoms with Crippen molar-refractivity contribution >= 4 is 39.2 Å². The Hall–Kier alpha value is -1.14. The van der Waals surface area contributed by atoms with Gasteiger partial charge < -0.3 is 4.90 Å². The van der Waals surface area contributed by atoms with Crippen LogP contribution in [-0.2, 0) is 23.1 Å². The Morgan fingerprint density at radius 3 is 2.34 bits per heavy atom. The first-order chi connectivity index (χ1) is 15.6. The Morgan fingerprint density at radius 1 is 1.03 bits per heavy atom. The summed E-state index contributed by atoms with van der Waals surface area (Å²) in [6.45, 7) is 5.69. The van der Waals surface area contributed by atoms with E-state index in [4.69, 9.17) is 9.97 Å². The summed E-state index contributed by atoms with van der Waals surface area (Å²) in [7, 11) is 0. The standard InChI is InChI=1S/C26H35N3OS2/c1-3-29(4-2)21(30)15-31-23-22-19-7-5-6-8-20(19)32-24(22)28-25(27-23)26-12-16-9-17(13-26)11-18(10-16)14-26/h16-18H,3-15H2,1-2H3. The van der Waals surface area contributed by atoms with Gasteiger partial charge in [-0.2, -0.15) is 0 Å². The molecule has 4 fully saturated rings. The molecule has 0 unspecified atom stereocenters. The van der Waals surface area contributed by atoms with Gasteiger partial charge in [-0.1, -0.05) is 11.8 Å². The second-order valence-corrected chi connectivity index (χ2v) is 12.8. The van der Waals surface area contributed by atoms with Gasteiger partial charge in [0.1, 0.15) is 15.7 Å². The number of aryl methyl sites for hydroxylation is 2. The number of carbonyl (C=O) groups excluding carboxylic acids is 1. The highest BCUT2D eigenvalue weighted by molar-refractivity contribution is 8.00. The number of fused-ring (bicyclic) bond motifs is 3. The van der Waals surface area contributed by atoms with Crippen LogP contribution in [0.2, 0.25) is 0 Å². The van der Waals surface area contributed by atoms with Crippen molar-refractivity contribution in [2.75, 3.05) is 18.8 Å². The molecule has 32 heavy (non-hydrogen) atoms. The molecule has 0 aliphatic heterocycles. The molecule has 0 N–H and O–H groups in total. The van der Waals surface area contributed by atoms with Crippen LogP contribution < -0.4 is 0 Å². The number of nitrogens with zero attached hydrogens (tertiary/aromatic N) is 3. The Balaban J connectivity index is 1.41. The number of carbonyl (C=O) groups is 1. The third-order valence-electron chi connectivity index (χ3n) is 8.74. The van der Waals surface area contributed by atoms with E-state index in [1.807, 2.05) is 16.2 Å². The summed E-state index contributed by atoms with van der Waals surface area (Å²) in [5, 5.41) is 2.39. The molecule has 0 saturated heterocycles. The maximum Gasteiger partial charge on any atom is 0.232 e. The molecule has 2 aromatic rings. The number of hydrogen-bond acceptors (Lipinski definition) is 5. The molecule has 0 radical (unpaired) electrons. The highest BCUT2D eigenvalue weighted by Gasteiger charge is 2.53. The lowest BCUT2D eigenvalue weighted by Gasteiger charge is -2.56. The molecule has 2 heterocycles. The first-order valence-corrected chi connectivity index (χ1v) is 14.6. The fourth-order valence-electron chi connectivity index (χ4n) is 7.65. The number of aromatic nitrogens is 2. The summed E-state index contributed by atoms with van der Waals surface area (Å²) in [4.78, 5) is 28.1. The Bertz CT molecular complexity index is 1010. The van der Waals surface area contributed by atoms with Crippen LogP contribution >= 0.6 is 23.1 Å². The van der Waals surface area contributed by atoms with E-state index >= 15 is 0 Å². The topological polar surface area (TPSA) is 46.1 Å². The zero-order chi connectivity index (χ0) is 21.9. The monoisotopic (exact) mass is 469 g/mol. The van der Waals surface area contributed by atoms with Crippen molar-refractivity contribution in [3.8, 4) is 0 Å². The highest BCUT2D eigenvalue weighted by atomic mass is 32.2. The van der Waals surface area contributed by atoms with Crippen LogP contribution in [0.25, 0.3) is 10.2 Å². The van der Waals surface area contributed by atoms with Crippen LogP contribution in [0.3, 0.4) is 0 Å². The molecule has 0 aromatic carbocycles. The summed E-state index contributed by atoms with van der Waals surface area (Å²) in [6, 6.07) is 0. The fourth-order valence-corrected chi connectivity index (χ4v) is 9.93. The molecule has 5 aliphatic rings. The van der Waals surface area contributed by atoms with E-state index in [2.05, 4.69) is 13.8 Å². The van der Waals surface area contributed by atoms with Crippen LogP contribution in [0.4, 0.5) is 0 Å². The zero-order valence-corrected chi connectivity index (χ0v) is 21.1. The van der Waals surface area contributed by atoms with Crippen LogP contribution in [0, 0.1) is 17.8 Å². The van der Waals surface area contributed by atoms with E-state index in [-0.39, 0.29) is 11.3 Å². The molecule has 0 atom stereocenters. The van der Waals surface area contributed by atoms with Gasteiger partial charge in [-0.05, 0) is 101 Å². The second-order valence-electron chi connectivity index (χ2n) is 10.8. The lowest BCUT2D eigenvalue weighted by atomic mass is 9.49. The smallest absolute Gasteiger partial charge is 0.232 e. The Kier molecular flexibility index (Phi) is 5.53. The van der Waals surface area contributed by atoms with Gasteiger partial charge in [-0.15, -0.1) is 11.3 Å². The maximum absolute atomic E-state index is 12.8. The van der Waals surface area contributed by atoms with Gasteiger partial charge in [0.05, 0.1) is 5.75 Å². The first kappa shape index (κ1) is 21.4. The van der Waals surface area contributed by atoms with E-state index in [0.717, 1.165) is 48.1 Å². The predicted octanol–water partition coefficient (Wildman–Crippen LogP) is 6.00. The lowest BCUT2D eigenvalue weighted by molar-refractivity contribution is -0.127. The zero-order valence-electron chi connectivity index (χ0n) is 19.5. The van der Waals surface area contributed by atoms with Crippen molar-refractivity contribution in [2.24, 2.45) is 17.8 Å². The molecule has 6 heteroatoms. The van der Waals surface area contributed by atoms with Gasteiger partial charge in [0.2, 0.25) is 5.91 Å². The molecule has 4 saturated carbocycles. The molecule has 172 valence electrons. The van der Waals surface area contributed by atoms with Crippen molar-refractivity contribution in [1.29, 1.82) is 0 Å². The average Bonchev–Trinajstić information content (AvgIpc) is 3.16. The third-order valence-corrected chi connectivity index (χ3v) is 10.9. The van der Waals surface area contributed by atoms with Crippen LogP contribution in [0.15, 0.2) is 5.03 Å². The van der Waals surface area contributed by atoms with Gasteiger partial charge in [0, 0.05) is 28.8 Å². The molecule has 5 aliphatic carbocycles. The van der Waals surface area contributed by atoms with Gasteiger partial charge in [0.25, 0.3) is 0 Å². The molecule has 4 nitrogen and oxygen atoms in total. The molecule has 2 aromatic heterocycles. The second kappa shape index (κ2) is 8.26. The first-order valence-electron chi connectivity index (χ1n) is 12.8. The maximum atomic E-state index is 12.8. The number of amides is 1. The Morgan fingerprint density at radius 2 is 1.69 bits per heavy atom. The van der Waals surface area contributed by atoms with Crippen molar-refractivity contribution in [3.05, 3.63) is 16.3 Å². The summed E-state index contributed by atoms with van der Waals surface area (Å²) < 4.78 is 0. The molecular formula is C26H35N3OS2. The van der Waals surface area contributed by atoms with E-state index in [1.165, 1.54) is 78.4 Å². The largest absolute Gasteiger partial charge is 0.343 e. The summed E-state index contributed by atoms with van der Waals surface area (Å²) >= 11 is 3.60. The van der Waals surface area contributed by atoms with E-state index in [9.17, 15) is 4.79 Å². The molecule has 1 amide bonds. The third kappa shape index (κ3) is 3.51. The van der Waals surface area contributed by atoms with E-state index in [1.54, 1.807) is 11.8 Å². The summed E-state index contributed by atoms with van der Waals surface area (Å²) in [5.41, 5.74) is 1.69.